The van der Waals surface area contributed by atoms with Crippen LogP contribution in [0.2, 0.25) is 0 Å². The van der Waals surface area contributed by atoms with Gasteiger partial charge in [0.1, 0.15) is 6.54 Å². The van der Waals surface area contributed by atoms with Crippen molar-refractivity contribution in [3.63, 3.8) is 0 Å². The molecule has 2 amide bonds. The SMILES string of the molecule is C#CCN(CCC)C(=O)N(CC(=O)O)C(C)(C)C. The van der Waals surface area contributed by atoms with Crippen molar-refractivity contribution in [1.29, 1.82) is 0 Å². The number of carboxylic acids is 1. The molecule has 18 heavy (non-hydrogen) atoms. The first-order chi connectivity index (χ1) is 8.23. The van der Waals surface area contributed by atoms with E-state index in [2.05, 4.69) is 5.92 Å². The lowest BCUT2D eigenvalue weighted by Crippen LogP contribution is -2.54. The highest BCUT2D eigenvalue weighted by Gasteiger charge is 2.31. The van der Waals surface area contributed by atoms with E-state index < -0.39 is 11.5 Å². The van der Waals surface area contributed by atoms with Crippen molar-refractivity contribution >= 4 is 12.0 Å². The molecule has 0 bridgehead atoms. The Hall–Kier alpha value is -1.70. The molecule has 0 aliphatic heterocycles. The number of carbonyl (C=O) groups excluding carboxylic acids is 1. The molecule has 0 aromatic rings. The molecule has 0 saturated carbocycles. The van der Waals surface area contributed by atoms with Gasteiger partial charge in [-0.1, -0.05) is 12.8 Å². The lowest BCUT2D eigenvalue weighted by atomic mass is 10.1. The normalized spacial score (nSPS) is 10.6. The molecule has 0 radical (unpaired) electrons. The maximum atomic E-state index is 12.3. The lowest BCUT2D eigenvalue weighted by molar-refractivity contribution is -0.138. The molecule has 0 aliphatic carbocycles. The summed E-state index contributed by atoms with van der Waals surface area (Å²) < 4.78 is 0. The predicted molar refractivity (Wildman–Crippen MR) is 70.2 cm³/mol. The molecule has 0 atom stereocenters. The quantitative estimate of drug-likeness (QED) is 0.759. The number of terminal acetylenes is 1. The van der Waals surface area contributed by atoms with E-state index in [0.717, 1.165) is 6.42 Å². The van der Waals surface area contributed by atoms with Crippen LogP contribution >= 0.6 is 0 Å². The van der Waals surface area contributed by atoms with Gasteiger partial charge in [0.05, 0.1) is 6.54 Å². The van der Waals surface area contributed by atoms with Crippen LogP contribution in [0.3, 0.4) is 0 Å². The van der Waals surface area contributed by atoms with Gasteiger partial charge in [0.15, 0.2) is 0 Å². The first-order valence-electron chi connectivity index (χ1n) is 5.95. The second-order valence-corrected chi connectivity index (χ2v) is 5.06. The first-order valence-corrected chi connectivity index (χ1v) is 5.95. The van der Waals surface area contributed by atoms with Crippen LogP contribution < -0.4 is 0 Å². The van der Waals surface area contributed by atoms with Crippen molar-refractivity contribution in [1.82, 2.24) is 9.80 Å². The molecule has 0 rings (SSSR count). The molecule has 5 nitrogen and oxygen atoms in total. The molecule has 0 aliphatic rings. The van der Waals surface area contributed by atoms with Crippen LogP contribution in [0.15, 0.2) is 0 Å². The molecule has 0 aromatic heterocycles. The van der Waals surface area contributed by atoms with E-state index in [0.29, 0.717) is 6.54 Å². The van der Waals surface area contributed by atoms with Crippen molar-refractivity contribution in [3.05, 3.63) is 0 Å². The smallest absolute Gasteiger partial charge is 0.323 e. The molecule has 0 unspecified atom stereocenters. The van der Waals surface area contributed by atoms with Gasteiger partial charge in [0, 0.05) is 12.1 Å². The van der Waals surface area contributed by atoms with Crippen molar-refractivity contribution in [2.45, 2.75) is 39.7 Å². The predicted octanol–water partition coefficient (Wildman–Crippen LogP) is 1.64. The van der Waals surface area contributed by atoms with Gasteiger partial charge in [0.2, 0.25) is 0 Å². The molecule has 0 fully saturated rings. The zero-order valence-electron chi connectivity index (χ0n) is 11.6. The average Bonchev–Trinajstić information content (AvgIpc) is 2.23. The van der Waals surface area contributed by atoms with Crippen LogP contribution in [-0.4, -0.2) is 52.1 Å². The standard InChI is InChI=1S/C13H22N2O3/c1-6-8-14(9-7-2)12(18)15(10-11(16)17)13(3,4)5/h1H,7-10H2,2-5H3,(H,16,17). The van der Waals surface area contributed by atoms with E-state index in [1.54, 1.807) is 20.8 Å². The molecule has 5 heteroatoms. The topological polar surface area (TPSA) is 60.9 Å². The van der Waals surface area contributed by atoms with Gasteiger partial charge in [-0.3, -0.25) is 4.79 Å². The van der Waals surface area contributed by atoms with Crippen LogP contribution in [0.4, 0.5) is 4.79 Å². The Morgan fingerprint density at radius 1 is 1.33 bits per heavy atom. The molecular formula is C13H22N2O3. The Morgan fingerprint density at radius 3 is 2.22 bits per heavy atom. The third-order valence-corrected chi connectivity index (χ3v) is 2.38. The monoisotopic (exact) mass is 254 g/mol. The number of rotatable bonds is 5. The zero-order valence-corrected chi connectivity index (χ0v) is 11.6. The van der Waals surface area contributed by atoms with Gasteiger partial charge in [-0.2, -0.15) is 0 Å². The maximum absolute atomic E-state index is 12.3. The molecule has 0 spiro atoms. The molecule has 1 N–H and O–H groups in total. The summed E-state index contributed by atoms with van der Waals surface area (Å²) in [5, 5.41) is 8.88. The largest absolute Gasteiger partial charge is 0.480 e. The fourth-order valence-electron chi connectivity index (χ4n) is 1.52. The highest BCUT2D eigenvalue weighted by atomic mass is 16.4. The average molecular weight is 254 g/mol. The van der Waals surface area contributed by atoms with E-state index in [9.17, 15) is 9.59 Å². The van der Waals surface area contributed by atoms with E-state index >= 15 is 0 Å². The van der Waals surface area contributed by atoms with Crippen LogP contribution in [0.1, 0.15) is 34.1 Å². The number of hydrogen-bond acceptors (Lipinski definition) is 2. The summed E-state index contributed by atoms with van der Waals surface area (Å²) in [6.07, 6.45) is 6.01. The van der Waals surface area contributed by atoms with Crippen LogP contribution in [-0.2, 0) is 4.79 Å². The maximum Gasteiger partial charge on any atom is 0.323 e. The second-order valence-electron chi connectivity index (χ2n) is 5.06. The summed E-state index contributed by atoms with van der Waals surface area (Å²) in [7, 11) is 0. The first kappa shape index (κ1) is 16.3. The Kier molecular flexibility index (Phi) is 6.24. The highest BCUT2D eigenvalue weighted by Crippen LogP contribution is 2.15. The minimum absolute atomic E-state index is 0.193. The highest BCUT2D eigenvalue weighted by molar-refractivity contribution is 5.81. The minimum Gasteiger partial charge on any atom is -0.480 e. The third-order valence-electron chi connectivity index (χ3n) is 2.38. The van der Waals surface area contributed by atoms with Gasteiger partial charge < -0.3 is 14.9 Å². The van der Waals surface area contributed by atoms with Crippen molar-refractivity contribution in [2.24, 2.45) is 0 Å². The summed E-state index contributed by atoms with van der Waals surface area (Å²) in [5.41, 5.74) is -0.559. The number of hydrogen-bond donors (Lipinski definition) is 1. The number of amides is 2. The van der Waals surface area contributed by atoms with Gasteiger partial charge in [-0.05, 0) is 27.2 Å². The molecule has 0 aromatic carbocycles. The Labute approximate surface area is 109 Å². The molecule has 0 heterocycles. The van der Waals surface area contributed by atoms with Gasteiger partial charge in [0.25, 0.3) is 0 Å². The molecular weight excluding hydrogens is 232 g/mol. The summed E-state index contributed by atoms with van der Waals surface area (Å²) >= 11 is 0. The van der Waals surface area contributed by atoms with Crippen molar-refractivity contribution in [2.75, 3.05) is 19.6 Å². The Bertz CT molecular complexity index is 339. The fourth-order valence-corrected chi connectivity index (χ4v) is 1.52. The Morgan fingerprint density at radius 2 is 1.89 bits per heavy atom. The summed E-state index contributed by atoms with van der Waals surface area (Å²) in [4.78, 5) is 26.0. The third kappa shape index (κ3) is 5.09. The number of carbonyl (C=O) groups is 2. The van der Waals surface area contributed by atoms with Crippen molar-refractivity contribution < 1.29 is 14.7 Å². The molecule has 102 valence electrons. The minimum atomic E-state index is -1.03. The lowest BCUT2D eigenvalue weighted by Gasteiger charge is -2.37. The number of aliphatic carboxylic acids is 1. The van der Waals surface area contributed by atoms with E-state index in [1.165, 1.54) is 9.80 Å². The summed E-state index contributed by atoms with van der Waals surface area (Å²) in [5.74, 6) is 1.39. The van der Waals surface area contributed by atoms with Crippen LogP contribution in [0.25, 0.3) is 0 Å². The van der Waals surface area contributed by atoms with E-state index in [4.69, 9.17) is 11.5 Å². The number of nitrogens with zero attached hydrogens (tertiary/aromatic N) is 2. The summed E-state index contributed by atoms with van der Waals surface area (Å²) in [6.45, 7) is 7.73. The van der Waals surface area contributed by atoms with Crippen LogP contribution in [0, 0.1) is 12.3 Å². The Balaban J connectivity index is 5.03. The summed E-state index contributed by atoms with van der Waals surface area (Å²) in [6, 6.07) is -0.329. The molecule has 0 saturated heterocycles. The van der Waals surface area contributed by atoms with Gasteiger partial charge in [-0.25, -0.2) is 4.79 Å². The zero-order chi connectivity index (χ0) is 14.3. The van der Waals surface area contributed by atoms with Gasteiger partial charge in [-0.15, -0.1) is 6.42 Å². The second kappa shape index (κ2) is 6.90. The number of carboxylic acid groups (broad SMARTS) is 1. The van der Waals surface area contributed by atoms with E-state index in [1.807, 2.05) is 6.92 Å². The van der Waals surface area contributed by atoms with Gasteiger partial charge >= 0.3 is 12.0 Å². The van der Waals surface area contributed by atoms with Crippen molar-refractivity contribution in [3.8, 4) is 12.3 Å². The van der Waals surface area contributed by atoms with Crippen LogP contribution in [0.5, 0.6) is 0 Å². The van der Waals surface area contributed by atoms with E-state index in [-0.39, 0.29) is 19.1 Å². The number of urea groups is 1. The fraction of sp³-hybridized carbons (Fsp3) is 0.692.